The molecule has 0 unspecified atom stereocenters. The summed E-state index contributed by atoms with van der Waals surface area (Å²) in [6.07, 6.45) is -1.79. The lowest BCUT2D eigenvalue weighted by atomic mass is 10.1. The maximum Gasteiger partial charge on any atom is 0.416 e. The smallest absolute Gasteiger partial charge is 0.416 e. The summed E-state index contributed by atoms with van der Waals surface area (Å²) in [5.74, 6) is 0.455. The number of ether oxygens (including phenoxy) is 1. The van der Waals surface area contributed by atoms with Crippen molar-refractivity contribution < 1.29 is 17.9 Å². The zero-order valence-electron chi connectivity index (χ0n) is 9.70. The Morgan fingerprint density at radius 2 is 1.95 bits per heavy atom. The van der Waals surface area contributed by atoms with E-state index in [1.54, 1.807) is 0 Å². The van der Waals surface area contributed by atoms with Gasteiger partial charge in [-0.2, -0.15) is 13.2 Å². The lowest BCUT2D eigenvalue weighted by Gasteiger charge is -2.12. The molecule has 2 aromatic rings. The topological polar surface area (TPSA) is 35.0 Å². The second kappa shape index (κ2) is 5.05. The lowest BCUT2D eigenvalue weighted by molar-refractivity contribution is -0.137. The molecule has 2 rings (SSSR count). The van der Waals surface area contributed by atoms with Crippen LogP contribution in [-0.2, 0) is 6.18 Å². The van der Waals surface area contributed by atoms with Crippen molar-refractivity contribution in [2.75, 3.05) is 0 Å². The van der Waals surface area contributed by atoms with Gasteiger partial charge in [-0.15, -0.1) is 0 Å². The van der Waals surface area contributed by atoms with Gasteiger partial charge in [0.05, 0.1) is 11.8 Å². The van der Waals surface area contributed by atoms with Gasteiger partial charge in [-0.05, 0) is 30.7 Å². The SMILES string of the molecule is Cc1cc(C(F)(F)F)ccc1Oc1cncnc1Cl. The molecule has 0 aliphatic heterocycles. The number of aromatic nitrogens is 2. The Morgan fingerprint density at radius 1 is 1.21 bits per heavy atom. The van der Waals surface area contributed by atoms with E-state index in [0.717, 1.165) is 12.1 Å². The summed E-state index contributed by atoms with van der Waals surface area (Å²) >= 11 is 5.77. The molecule has 1 aromatic carbocycles. The highest BCUT2D eigenvalue weighted by molar-refractivity contribution is 6.30. The molecule has 0 atom stereocenters. The Hall–Kier alpha value is -1.82. The Balaban J connectivity index is 2.30. The fourth-order valence-corrected chi connectivity index (χ4v) is 1.56. The van der Waals surface area contributed by atoms with Gasteiger partial charge in [0.25, 0.3) is 0 Å². The zero-order valence-corrected chi connectivity index (χ0v) is 10.5. The van der Waals surface area contributed by atoms with E-state index in [1.165, 1.54) is 25.5 Å². The predicted octanol–water partition coefficient (Wildman–Crippen LogP) is 4.25. The summed E-state index contributed by atoms with van der Waals surface area (Å²) in [4.78, 5) is 7.44. The molecule has 7 heteroatoms. The van der Waals surface area contributed by atoms with Crippen molar-refractivity contribution in [2.24, 2.45) is 0 Å². The monoisotopic (exact) mass is 288 g/mol. The number of hydrogen-bond donors (Lipinski definition) is 0. The first-order valence-electron chi connectivity index (χ1n) is 5.19. The lowest BCUT2D eigenvalue weighted by Crippen LogP contribution is -2.05. The summed E-state index contributed by atoms with van der Waals surface area (Å²) in [6.45, 7) is 1.52. The Labute approximate surface area is 112 Å². The summed E-state index contributed by atoms with van der Waals surface area (Å²) in [7, 11) is 0. The van der Waals surface area contributed by atoms with E-state index in [2.05, 4.69) is 9.97 Å². The molecular formula is C12H8ClF3N2O. The molecule has 100 valence electrons. The van der Waals surface area contributed by atoms with Gasteiger partial charge in [-0.25, -0.2) is 9.97 Å². The van der Waals surface area contributed by atoms with Crippen LogP contribution in [0.4, 0.5) is 13.2 Å². The van der Waals surface area contributed by atoms with Crippen LogP contribution in [0.15, 0.2) is 30.7 Å². The maximum atomic E-state index is 12.5. The third-order valence-electron chi connectivity index (χ3n) is 2.36. The second-order valence-corrected chi connectivity index (χ2v) is 4.12. The summed E-state index contributed by atoms with van der Waals surface area (Å²) in [5, 5.41) is 0.0919. The van der Waals surface area contributed by atoms with Crippen molar-refractivity contribution in [2.45, 2.75) is 13.1 Å². The summed E-state index contributed by atoms with van der Waals surface area (Å²) in [6, 6.07) is 3.19. The van der Waals surface area contributed by atoms with Crippen molar-refractivity contribution in [1.82, 2.24) is 9.97 Å². The maximum absolute atomic E-state index is 12.5. The predicted molar refractivity (Wildman–Crippen MR) is 63.3 cm³/mol. The van der Waals surface area contributed by atoms with Gasteiger partial charge in [0, 0.05) is 0 Å². The van der Waals surface area contributed by atoms with Crippen LogP contribution in [0.25, 0.3) is 0 Å². The molecule has 1 heterocycles. The van der Waals surface area contributed by atoms with E-state index in [9.17, 15) is 13.2 Å². The molecule has 0 bridgehead atoms. The van der Waals surface area contributed by atoms with Crippen LogP contribution in [0.2, 0.25) is 5.15 Å². The van der Waals surface area contributed by atoms with Crippen LogP contribution >= 0.6 is 11.6 Å². The number of nitrogens with zero attached hydrogens (tertiary/aromatic N) is 2. The highest BCUT2D eigenvalue weighted by atomic mass is 35.5. The van der Waals surface area contributed by atoms with E-state index in [0.29, 0.717) is 5.56 Å². The first-order chi connectivity index (χ1) is 8.88. The fourth-order valence-electron chi connectivity index (χ4n) is 1.43. The largest absolute Gasteiger partial charge is 0.452 e. The Morgan fingerprint density at radius 3 is 2.53 bits per heavy atom. The molecule has 3 nitrogen and oxygen atoms in total. The van der Waals surface area contributed by atoms with Crippen molar-refractivity contribution in [3.8, 4) is 11.5 Å². The Bertz CT molecular complexity index is 602. The Kier molecular flexibility index (Phi) is 3.61. The number of benzene rings is 1. The number of alkyl halides is 3. The average molecular weight is 289 g/mol. The quantitative estimate of drug-likeness (QED) is 0.775. The second-order valence-electron chi connectivity index (χ2n) is 3.76. The number of hydrogen-bond acceptors (Lipinski definition) is 3. The number of halogens is 4. The van der Waals surface area contributed by atoms with Gasteiger partial charge in [-0.3, -0.25) is 0 Å². The molecule has 0 N–H and O–H groups in total. The molecule has 0 amide bonds. The van der Waals surface area contributed by atoms with E-state index < -0.39 is 11.7 Å². The fraction of sp³-hybridized carbons (Fsp3) is 0.167. The van der Waals surface area contributed by atoms with Crippen molar-refractivity contribution >= 4 is 11.6 Å². The standard InChI is InChI=1S/C12H8ClF3N2O/c1-7-4-8(12(14,15)16)2-3-9(7)19-10-5-17-6-18-11(10)13/h2-6H,1H3. The molecular weight excluding hydrogens is 281 g/mol. The van der Waals surface area contributed by atoms with Crippen LogP contribution < -0.4 is 4.74 Å². The summed E-state index contributed by atoms with van der Waals surface area (Å²) in [5.41, 5.74) is -0.387. The molecule has 1 aromatic heterocycles. The van der Waals surface area contributed by atoms with E-state index >= 15 is 0 Å². The van der Waals surface area contributed by atoms with E-state index in [1.807, 2.05) is 0 Å². The van der Waals surface area contributed by atoms with Gasteiger partial charge in [0.1, 0.15) is 12.1 Å². The molecule has 0 fully saturated rings. The molecule has 0 aliphatic rings. The number of rotatable bonds is 2. The minimum absolute atomic E-state index is 0.0919. The third kappa shape index (κ3) is 3.14. The van der Waals surface area contributed by atoms with Crippen molar-refractivity contribution in [3.63, 3.8) is 0 Å². The minimum atomic E-state index is -4.38. The first kappa shape index (κ1) is 13.6. The molecule has 0 saturated heterocycles. The molecule has 0 spiro atoms. The van der Waals surface area contributed by atoms with Gasteiger partial charge >= 0.3 is 6.18 Å². The van der Waals surface area contributed by atoms with Gasteiger partial charge in [-0.1, -0.05) is 11.6 Å². The minimum Gasteiger partial charge on any atom is -0.452 e. The number of aryl methyl sites for hydroxylation is 1. The zero-order chi connectivity index (χ0) is 14.0. The van der Waals surface area contributed by atoms with Crippen LogP contribution in [0, 0.1) is 6.92 Å². The van der Waals surface area contributed by atoms with Crippen LogP contribution in [0.1, 0.15) is 11.1 Å². The van der Waals surface area contributed by atoms with Gasteiger partial charge < -0.3 is 4.74 Å². The van der Waals surface area contributed by atoms with Crippen LogP contribution in [0.5, 0.6) is 11.5 Å². The highest BCUT2D eigenvalue weighted by Crippen LogP contribution is 2.34. The third-order valence-corrected chi connectivity index (χ3v) is 2.64. The normalized spacial score (nSPS) is 11.4. The molecule has 19 heavy (non-hydrogen) atoms. The first-order valence-corrected chi connectivity index (χ1v) is 5.57. The average Bonchev–Trinajstić information content (AvgIpc) is 2.33. The molecule has 0 aliphatic carbocycles. The van der Waals surface area contributed by atoms with Crippen LogP contribution in [-0.4, -0.2) is 9.97 Å². The highest BCUT2D eigenvalue weighted by Gasteiger charge is 2.30. The van der Waals surface area contributed by atoms with E-state index in [4.69, 9.17) is 16.3 Å². The van der Waals surface area contributed by atoms with Gasteiger partial charge in [0.15, 0.2) is 10.9 Å². The summed E-state index contributed by atoms with van der Waals surface area (Å²) < 4.78 is 42.9. The molecule has 0 radical (unpaired) electrons. The van der Waals surface area contributed by atoms with Crippen LogP contribution in [0.3, 0.4) is 0 Å². The van der Waals surface area contributed by atoms with Gasteiger partial charge in [0.2, 0.25) is 0 Å². The van der Waals surface area contributed by atoms with Crippen molar-refractivity contribution in [1.29, 1.82) is 0 Å². The van der Waals surface area contributed by atoms with E-state index in [-0.39, 0.29) is 16.7 Å². The molecule has 0 saturated carbocycles. The van der Waals surface area contributed by atoms with Crippen molar-refractivity contribution in [3.05, 3.63) is 47.0 Å².